The van der Waals surface area contributed by atoms with Crippen LogP contribution in [0.2, 0.25) is 0 Å². The molecule has 6 unspecified atom stereocenters. The Bertz CT molecular complexity index is 1430. The van der Waals surface area contributed by atoms with E-state index >= 15 is 0 Å². The predicted octanol–water partition coefficient (Wildman–Crippen LogP) is 6.83. The summed E-state index contributed by atoms with van der Waals surface area (Å²) in [6, 6.07) is -1.15. The maximum absolute atomic E-state index is 13.2. The Labute approximate surface area is 349 Å². The highest BCUT2D eigenvalue weighted by atomic mass is 16.6. The lowest BCUT2D eigenvalue weighted by Crippen LogP contribution is -2.50. The number of carboxylic acid groups (broad SMARTS) is 4. The fraction of sp³-hybridized carbons (Fsp3) is 0.889. The minimum atomic E-state index is -0.978. The second kappa shape index (κ2) is 20.8. The van der Waals surface area contributed by atoms with Gasteiger partial charge in [-0.05, 0) is 164 Å². The van der Waals surface area contributed by atoms with Crippen LogP contribution in [0.4, 0.5) is 0 Å². The van der Waals surface area contributed by atoms with Gasteiger partial charge in [-0.25, -0.2) is 0 Å². The van der Waals surface area contributed by atoms with Crippen LogP contribution in [0.25, 0.3) is 0 Å². The number of aliphatic carboxylic acids is 4. The first-order valence-electron chi connectivity index (χ1n) is 23.1. The smallest absolute Gasteiger partial charge is 0.308 e. The zero-order chi connectivity index (χ0) is 42.3. The molecule has 0 aliphatic heterocycles. The molecule has 14 nitrogen and oxygen atoms in total. The molecule has 6 rings (SSSR count). The third-order valence-corrected chi connectivity index (χ3v) is 16.0. The minimum Gasteiger partial charge on any atom is -0.481 e. The first-order chi connectivity index (χ1) is 28.2. The predicted molar refractivity (Wildman–Crippen MR) is 216 cm³/mol. The topological polar surface area (TPSA) is 218 Å². The number of hydrogen-bond acceptors (Lipinski definition) is 9. The molecular weight excluding hydrogens is 760 g/mol. The lowest BCUT2D eigenvalue weighted by atomic mass is 9.60. The summed E-state index contributed by atoms with van der Waals surface area (Å²) < 4.78 is 13.3. The molecule has 0 aromatic rings. The Morgan fingerprint density at radius 1 is 0.492 bits per heavy atom. The van der Waals surface area contributed by atoms with Crippen LogP contribution in [0, 0.1) is 52.8 Å². The summed E-state index contributed by atoms with van der Waals surface area (Å²) in [5.41, 5.74) is 3.18. The highest BCUT2D eigenvalue weighted by molar-refractivity contribution is 5.81. The van der Waals surface area contributed by atoms with E-state index in [-0.39, 0.29) is 54.8 Å². The Kier molecular flexibility index (Phi) is 16.1. The number of nitrogens with one attached hydrogen (secondary N) is 2. The van der Waals surface area contributed by atoms with Gasteiger partial charge in [-0.3, -0.25) is 24.0 Å². The lowest BCUT2D eigenvalue weighted by Gasteiger charge is -2.47. The third kappa shape index (κ3) is 12.2. The van der Waals surface area contributed by atoms with Crippen molar-refractivity contribution in [2.75, 3.05) is 6.61 Å². The monoisotopic (exact) mass is 833 g/mol. The molecule has 6 saturated carbocycles. The molecule has 59 heavy (non-hydrogen) atoms. The lowest BCUT2D eigenvalue weighted by molar-refractivity contribution is -0.152. The van der Waals surface area contributed by atoms with Crippen molar-refractivity contribution < 1.29 is 58.7 Å². The Morgan fingerprint density at radius 2 is 0.881 bits per heavy atom. The van der Waals surface area contributed by atoms with Crippen molar-refractivity contribution in [3.8, 4) is 0 Å². The maximum atomic E-state index is 13.2. The number of carbonyl (C=O) groups excluding carboxylic acids is 1. The molecule has 6 atom stereocenters. The maximum Gasteiger partial charge on any atom is 0.308 e. The Morgan fingerprint density at radius 3 is 1.32 bits per heavy atom. The fourth-order valence-electron chi connectivity index (χ4n) is 11.9. The minimum absolute atomic E-state index is 0.136. The van der Waals surface area contributed by atoms with E-state index < -0.39 is 59.6 Å². The van der Waals surface area contributed by atoms with Gasteiger partial charge >= 0.3 is 23.9 Å². The molecule has 0 heterocycles. The molecule has 0 bridgehead atoms. The van der Waals surface area contributed by atoms with Gasteiger partial charge in [-0.1, -0.05) is 13.8 Å². The highest BCUT2D eigenvalue weighted by Crippen LogP contribution is 2.49. The summed E-state index contributed by atoms with van der Waals surface area (Å²) in [5.74, 6) is -4.87. The van der Waals surface area contributed by atoms with Crippen molar-refractivity contribution >= 4 is 29.8 Å². The normalized spacial score (nSPS) is 38.5. The van der Waals surface area contributed by atoms with E-state index in [1.807, 2.05) is 0 Å². The van der Waals surface area contributed by atoms with Crippen molar-refractivity contribution in [1.29, 1.82) is 0 Å². The molecular formula is C45H72N2O12. The molecule has 0 radical (unpaired) electrons. The molecule has 1 amide bonds. The van der Waals surface area contributed by atoms with E-state index in [2.05, 4.69) is 24.6 Å². The first kappa shape index (κ1) is 45.7. The van der Waals surface area contributed by atoms with Gasteiger partial charge < -0.3 is 40.1 Å². The zero-order valence-electron chi connectivity index (χ0n) is 35.4. The number of rotatable bonds is 16. The SMILES string of the molecule is CC(C)(C1CCC(OC2CCC(CONC3CC(C(=O)O)CCC3C(=O)O)CC2)CC1)C1CCC(OC2CCC(C(=O)NC3CC(C(=O)O)CCC3C(=O)O)CC2)CC1. The van der Waals surface area contributed by atoms with Gasteiger partial charge in [0.25, 0.3) is 0 Å². The van der Waals surface area contributed by atoms with Gasteiger partial charge in [0.15, 0.2) is 0 Å². The van der Waals surface area contributed by atoms with Crippen LogP contribution >= 0.6 is 0 Å². The number of hydroxylamine groups is 1. The molecule has 6 N–H and O–H groups in total. The van der Waals surface area contributed by atoms with Crippen LogP contribution in [0.15, 0.2) is 0 Å². The summed E-state index contributed by atoms with van der Waals surface area (Å²) in [6.45, 7) is 5.44. The van der Waals surface area contributed by atoms with Gasteiger partial charge in [-0.15, -0.1) is 0 Å². The van der Waals surface area contributed by atoms with Gasteiger partial charge in [-0.2, -0.15) is 5.48 Å². The van der Waals surface area contributed by atoms with Crippen LogP contribution in [-0.4, -0.2) is 93.3 Å². The Hall–Kier alpha value is -2.81. The number of carboxylic acids is 4. The van der Waals surface area contributed by atoms with Crippen molar-refractivity contribution in [3.05, 3.63) is 0 Å². The van der Waals surface area contributed by atoms with Crippen LogP contribution in [0.1, 0.15) is 155 Å². The second-order valence-electron chi connectivity index (χ2n) is 19.9. The third-order valence-electron chi connectivity index (χ3n) is 16.0. The summed E-state index contributed by atoms with van der Waals surface area (Å²) in [7, 11) is 0. The van der Waals surface area contributed by atoms with E-state index in [4.69, 9.17) is 14.3 Å². The molecule has 0 aromatic heterocycles. The van der Waals surface area contributed by atoms with Crippen molar-refractivity contribution in [2.24, 2.45) is 52.8 Å². The van der Waals surface area contributed by atoms with E-state index in [1.165, 1.54) is 25.7 Å². The molecule has 0 saturated heterocycles. The van der Waals surface area contributed by atoms with Gasteiger partial charge in [0.2, 0.25) is 5.91 Å². The Balaban J connectivity index is 0.835. The average Bonchev–Trinajstić information content (AvgIpc) is 3.22. The second-order valence-corrected chi connectivity index (χ2v) is 19.9. The largest absolute Gasteiger partial charge is 0.481 e. The zero-order valence-corrected chi connectivity index (χ0v) is 35.4. The molecule has 0 spiro atoms. The number of ether oxygens (including phenoxy) is 2. The van der Waals surface area contributed by atoms with Crippen molar-refractivity contribution in [1.82, 2.24) is 10.8 Å². The van der Waals surface area contributed by atoms with Gasteiger partial charge in [0.1, 0.15) is 0 Å². The van der Waals surface area contributed by atoms with E-state index in [9.17, 15) is 44.4 Å². The van der Waals surface area contributed by atoms with Crippen molar-refractivity contribution in [2.45, 2.75) is 192 Å². The summed E-state index contributed by atoms with van der Waals surface area (Å²) in [4.78, 5) is 65.5. The van der Waals surface area contributed by atoms with E-state index in [0.29, 0.717) is 62.6 Å². The average molecular weight is 833 g/mol. The first-order valence-corrected chi connectivity index (χ1v) is 23.1. The molecule has 6 fully saturated rings. The van der Waals surface area contributed by atoms with Gasteiger partial charge in [0.05, 0.1) is 54.7 Å². The molecule has 6 aliphatic rings. The fourth-order valence-corrected chi connectivity index (χ4v) is 11.9. The molecule has 6 aliphatic carbocycles. The van der Waals surface area contributed by atoms with E-state index in [0.717, 1.165) is 64.2 Å². The summed E-state index contributed by atoms with van der Waals surface area (Å²) in [5, 5.41) is 41.1. The number of carbonyl (C=O) groups is 5. The highest BCUT2D eigenvalue weighted by Gasteiger charge is 2.43. The molecule has 0 aromatic carbocycles. The number of amides is 1. The van der Waals surface area contributed by atoms with Crippen molar-refractivity contribution in [3.63, 3.8) is 0 Å². The van der Waals surface area contributed by atoms with Crippen LogP contribution < -0.4 is 10.8 Å². The van der Waals surface area contributed by atoms with Crippen LogP contribution in [0.3, 0.4) is 0 Å². The molecule has 334 valence electrons. The number of hydrogen-bond donors (Lipinski definition) is 6. The summed E-state index contributed by atoms with van der Waals surface area (Å²) in [6.07, 6.45) is 18.8. The van der Waals surface area contributed by atoms with E-state index in [1.54, 1.807) is 0 Å². The summed E-state index contributed by atoms with van der Waals surface area (Å²) >= 11 is 0. The standard InChI is InChI=1S/C45H72N2O12/c1-45(2,30-9-17-34(18-10-30)58-32-13-3-26(4-14-32)25-57-47-39-24-29(42(51)52)8-22-37(39)44(55)56)31-11-19-35(20-12-31)59-33-15-5-27(6-16-33)40(48)46-38-23-28(41(49)50)7-21-36(38)43(53)54/h26-39,47H,3-25H2,1-2H3,(H,46,48)(H,49,50)(H,51,52)(H,53,54)(H,55,56). The molecule has 14 heteroatoms. The van der Waals surface area contributed by atoms with Gasteiger partial charge in [0, 0.05) is 18.0 Å². The van der Waals surface area contributed by atoms with Crippen LogP contribution in [-0.2, 0) is 38.3 Å². The quantitative estimate of drug-likeness (QED) is 0.0881. The van der Waals surface area contributed by atoms with Crippen LogP contribution in [0.5, 0.6) is 0 Å².